The second-order valence-corrected chi connectivity index (χ2v) is 6.16. The average Bonchev–Trinajstić information content (AvgIpc) is 2.47. The molecule has 0 amide bonds. The van der Waals surface area contributed by atoms with Crippen LogP contribution in [0.3, 0.4) is 0 Å². The van der Waals surface area contributed by atoms with Crippen LogP contribution in [-0.4, -0.2) is 30.8 Å². The molecule has 0 spiro atoms. The summed E-state index contributed by atoms with van der Waals surface area (Å²) in [7, 11) is 0. The Morgan fingerprint density at radius 1 is 1.48 bits per heavy atom. The van der Waals surface area contributed by atoms with Gasteiger partial charge in [-0.25, -0.2) is 4.39 Å². The van der Waals surface area contributed by atoms with Crippen molar-refractivity contribution in [2.45, 2.75) is 45.8 Å². The minimum atomic E-state index is -0.221. The molecule has 118 valence electrons. The van der Waals surface area contributed by atoms with Crippen molar-refractivity contribution in [3.63, 3.8) is 0 Å². The predicted molar refractivity (Wildman–Crippen MR) is 85.1 cm³/mol. The van der Waals surface area contributed by atoms with E-state index >= 15 is 0 Å². The van der Waals surface area contributed by atoms with Crippen LogP contribution in [0, 0.1) is 11.7 Å². The van der Waals surface area contributed by atoms with Gasteiger partial charge in [0.15, 0.2) is 0 Å². The number of halogens is 1. The summed E-state index contributed by atoms with van der Waals surface area (Å²) in [6.07, 6.45) is 1.61. The summed E-state index contributed by atoms with van der Waals surface area (Å²) in [5.74, 6) is 0.0551. The van der Waals surface area contributed by atoms with Gasteiger partial charge in [0, 0.05) is 24.8 Å². The summed E-state index contributed by atoms with van der Waals surface area (Å²) >= 11 is 0. The van der Waals surface area contributed by atoms with Crippen LogP contribution >= 0.6 is 0 Å². The zero-order valence-corrected chi connectivity index (χ0v) is 13.3. The Hall–Kier alpha value is -1.13. The van der Waals surface area contributed by atoms with Crippen molar-refractivity contribution in [2.24, 2.45) is 5.92 Å². The summed E-state index contributed by atoms with van der Waals surface area (Å²) in [6, 6.07) is 5.16. The lowest BCUT2D eigenvalue weighted by molar-refractivity contribution is 0.0970. The Labute approximate surface area is 127 Å². The number of benzene rings is 1. The van der Waals surface area contributed by atoms with E-state index in [-0.39, 0.29) is 23.9 Å². The summed E-state index contributed by atoms with van der Waals surface area (Å²) in [5, 5.41) is 13.3. The van der Waals surface area contributed by atoms with E-state index in [0.717, 1.165) is 43.7 Å². The van der Waals surface area contributed by atoms with Gasteiger partial charge in [0.05, 0.1) is 6.10 Å². The van der Waals surface area contributed by atoms with Gasteiger partial charge in [-0.2, -0.15) is 0 Å². The Morgan fingerprint density at radius 3 is 2.90 bits per heavy atom. The van der Waals surface area contributed by atoms with Crippen molar-refractivity contribution in [1.82, 2.24) is 5.32 Å². The molecule has 1 heterocycles. The van der Waals surface area contributed by atoms with Gasteiger partial charge < -0.3 is 15.3 Å². The molecule has 1 aliphatic heterocycles. The van der Waals surface area contributed by atoms with Crippen molar-refractivity contribution >= 4 is 5.69 Å². The number of hydrogen-bond donors (Lipinski definition) is 2. The summed E-state index contributed by atoms with van der Waals surface area (Å²) < 4.78 is 13.6. The molecule has 3 unspecified atom stereocenters. The van der Waals surface area contributed by atoms with E-state index in [1.165, 1.54) is 6.07 Å². The summed E-state index contributed by atoms with van der Waals surface area (Å²) in [4.78, 5) is 2.27. The van der Waals surface area contributed by atoms with Crippen molar-refractivity contribution in [3.8, 4) is 0 Å². The standard InChI is InChI=1S/C17H27FN2O/c1-4-8-19-13(3)15-10-14(18)5-6-16(15)20-9-7-17(21)12(2)11-20/h5-6,10,12-13,17,19,21H,4,7-9,11H2,1-3H3. The molecule has 0 aliphatic carbocycles. The van der Waals surface area contributed by atoms with Crippen LogP contribution in [0.4, 0.5) is 10.1 Å². The van der Waals surface area contributed by atoms with Gasteiger partial charge in [0.2, 0.25) is 0 Å². The maximum absolute atomic E-state index is 13.6. The van der Waals surface area contributed by atoms with Crippen LogP contribution in [0.1, 0.15) is 45.2 Å². The lowest BCUT2D eigenvalue weighted by atomic mass is 9.95. The topological polar surface area (TPSA) is 35.5 Å². The number of nitrogens with one attached hydrogen (secondary N) is 1. The highest BCUT2D eigenvalue weighted by Crippen LogP contribution is 2.31. The van der Waals surface area contributed by atoms with Crippen LogP contribution in [0.2, 0.25) is 0 Å². The first kappa shape index (κ1) is 16.2. The number of aliphatic hydroxyl groups excluding tert-OH is 1. The first-order valence-corrected chi connectivity index (χ1v) is 7.98. The third kappa shape index (κ3) is 3.95. The van der Waals surface area contributed by atoms with E-state index in [9.17, 15) is 9.50 Å². The van der Waals surface area contributed by atoms with E-state index < -0.39 is 0 Å². The first-order chi connectivity index (χ1) is 10.0. The molecule has 21 heavy (non-hydrogen) atoms. The number of hydrogen-bond acceptors (Lipinski definition) is 3. The molecule has 1 fully saturated rings. The van der Waals surface area contributed by atoms with Crippen LogP contribution < -0.4 is 10.2 Å². The quantitative estimate of drug-likeness (QED) is 0.876. The highest BCUT2D eigenvalue weighted by molar-refractivity contribution is 5.55. The van der Waals surface area contributed by atoms with E-state index in [1.807, 2.05) is 6.07 Å². The third-order valence-corrected chi connectivity index (χ3v) is 4.36. The Balaban J connectivity index is 2.22. The Bertz CT molecular complexity index is 466. The van der Waals surface area contributed by atoms with Gasteiger partial charge in [-0.3, -0.25) is 0 Å². The minimum absolute atomic E-state index is 0.123. The molecule has 1 saturated heterocycles. The number of rotatable bonds is 5. The zero-order valence-electron chi connectivity index (χ0n) is 13.3. The SMILES string of the molecule is CCCNC(C)c1cc(F)ccc1N1CCC(O)C(C)C1. The molecular formula is C17H27FN2O. The monoisotopic (exact) mass is 294 g/mol. The average molecular weight is 294 g/mol. The molecule has 3 atom stereocenters. The second kappa shape index (κ2) is 7.23. The van der Waals surface area contributed by atoms with Gasteiger partial charge in [-0.15, -0.1) is 0 Å². The van der Waals surface area contributed by atoms with Crippen LogP contribution in [0.5, 0.6) is 0 Å². The zero-order chi connectivity index (χ0) is 15.4. The van der Waals surface area contributed by atoms with Gasteiger partial charge in [0.1, 0.15) is 5.82 Å². The largest absolute Gasteiger partial charge is 0.393 e. The Morgan fingerprint density at radius 2 is 2.24 bits per heavy atom. The maximum atomic E-state index is 13.6. The third-order valence-electron chi connectivity index (χ3n) is 4.36. The fraction of sp³-hybridized carbons (Fsp3) is 0.647. The summed E-state index contributed by atoms with van der Waals surface area (Å²) in [5.41, 5.74) is 2.10. The molecule has 1 aliphatic rings. The number of anilines is 1. The lowest BCUT2D eigenvalue weighted by Gasteiger charge is -2.37. The van der Waals surface area contributed by atoms with E-state index in [1.54, 1.807) is 6.07 Å². The molecule has 0 radical (unpaired) electrons. The normalized spacial score (nSPS) is 24.1. The molecule has 0 bridgehead atoms. The fourth-order valence-electron chi connectivity index (χ4n) is 2.98. The number of nitrogens with zero attached hydrogens (tertiary/aromatic N) is 1. The lowest BCUT2D eigenvalue weighted by Crippen LogP contribution is -2.42. The van der Waals surface area contributed by atoms with Crippen LogP contribution in [-0.2, 0) is 0 Å². The van der Waals surface area contributed by atoms with Gasteiger partial charge in [-0.05, 0) is 56.0 Å². The predicted octanol–water partition coefficient (Wildman–Crippen LogP) is 3.09. The highest BCUT2D eigenvalue weighted by Gasteiger charge is 2.26. The van der Waals surface area contributed by atoms with Crippen molar-refractivity contribution in [2.75, 3.05) is 24.5 Å². The molecule has 1 aromatic carbocycles. The molecule has 4 heteroatoms. The fourth-order valence-corrected chi connectivity index (χ4v) is 2.98. The van der Waals surface area contributed by atoms with Crippen LogP contribution in [0.15, 0.2) is 18.2 Å². The molecule has 0 saturated carbocycles. The van der Waals surface area contributed by atoms with Gasteiger partial charge in [-0.1, -0.05) is 13.8 Å². The molecule has 1 aromatic rings. The maximum Gasteiger partial charge on any atom is 0.123 e. The first-order valence-electron chi connectivity index (χ1n) is 7.98. The van der Waals surface area contributed by atoms with E-state index in [0.29, 0.717) is 0 Å². The highest BCUT2D eigenvalue weighted by atomic mass is 19.1. The van der Waals surface area contributed by atoms with Crippen molar-refractivity contribution < 1.29 is 9.50 Å². The Kier molecular flexibility index (Phi) is 5.59. The molecule has 2 N–H and O–H groups in total. The molecular weight excluding hydrogens is 267 g/mol. The van der Waals surface area contributed by atoms with Crippen molar-refractivity contribution in [3.05, 3.63) is 29.6 Å². The van der Waals surface area contributed by atoms with Crippen LogP contribution in [0.25, 0.3) is 0 Å². The van der Waals surface area contributed by atoms with E-state index in [2.05, 4.69) is 31.0 Å². The number of aliphatic hydroxyl groups is 1. The molecule has 2 rings (SSSR count). The second-order valence-electron chi connectivity index (χ2n) is 6.16. The molecule has 3 nitrogen and oxygen atoms in total. The summed E-state index contributed by atoms with van der Waals surface area (Å²) in [6.45, 7) is 8.84. The number of piperidine rings is 1. The van der Waals surface area contributed by atoms with E-state index in [4.69, 9.17) is 0 Å². The van der Waals surface area contributed by atoms with Crippen molar-refractivity contribution in [1.29, 1.82) is 0 Å². The minimum Gasteiger partial charge on any atom is -0.393 e. The van der Waals surface area contributed by atoms with Gasteiger partial charge >= 0.3 is 0 Å². The van der Waals surface area contributed by atoms with Gasteiger partial charge in [0.25, 0.3) is 0 Å². The smallest absolute Gasteiger partial charge is 0.123 e. The molecule has 0 aromatic heterocycles.